The summed E-state index contributed by atoms with van der Waals surface area (Å²) in [7, 11) is 2.50. The Labute approximate surface area is 256 Å². The van der Waals surface area contributed by atoms with E-state index in [0.717, 1.165) is 26.0 Å². The van der Waals surface area contributed by atoms with E-state index in [1.54, 1.807) is 25.1 Å². The third kappa shape index (κ3) is 8.79. The molecular formula is C31H29NO13. The molecule has 3 aromatic carbocycles. The lowest BCUT2D eigenvalue weighted by atomic mass is 10.1. The number of methoxy groups -OCH3 is 2. The summed E-state index contributed by atoms with van der Waals surface area (Å²) in [6.45, 7) is 4.00. The van der Waals surface area contributed by atoms with Crippen molar-refractivity contribution < 1.29 is 62.3 Å². The number of para-hydroxylation sites is 1. The zero-order chi connectivity index (χ0) is 33.3. The summed E-state index contributed by atoms with van der Waals surface area (Å²) in [6, 6.07) is 13.6. The van der Waals surface area contributed by atoms with Crippen molar-refractivity contribution in [1.29, 1.82) is 0 Å². The first-order chi connectivity index (χ1) is 21.3. The molecule has 0 saturated carbocycles. The van der Waals surface area contributed by atoms with Crippen LogP contribution in [0.2, 0.25) is 0 Å². The third-order valence-electron chi connectivity index (χ3n) is 5.95. The molecule has 3 aromatic rings. The summed E-state index contributed by atoms with van der Waals surface area (Å²) in [5, 5.41) is 12.5. The van der Waals surface area contributed by atoms with Gasteiger partial charge in [0.1, 0.15) is 0 Å². The highest BCUT2D eigenvalue weighted by atomic mass is 16.6. The number of nitrogens with one attached hydrogen (secondary N) is 1. The number of esters is 4. The van der Waals surface area contributed by atoms with E-state index in [4.69, 9.17) is 28.4 Å². The van der Waals surface area contributed by atoms with Gasteiger partial charge in [-0.1, -0.05) is 18.2 Å². The number of hydrogen-bond acceptors (Lipinski definition) is 12. The van der Waals surface area contributed by atoms with Crippen LogP contribution in [0.1, 0.15) is 40.1 Å². The molecule has 14 nitrogen and oxygen atoms in total. The Kier molecular flexibility index (Phi) is 11.2. The minimum absolute atomic E-state index is 0.0112. The lowest BCUT2D eigenvalue weighted by Gasteiger charge is -2.24. The van der Waals surface area contributed by atoms with Crippen LogP contribution < -0.4 is 24.3 Å². The van der Waals surface area contributed by atoms with E-state index in [0.29, 0.717) is 5.56 Å². The summed E-state index contributed by atoms with van der Waals surface area (Å²) in [6.07, 6.45) is -4.55. The molecule has 0 bridgehead atoms. The van der Waals surface area contributed by atoms with Crippen LogP contribution >= 0.6 is 0 Å². The van der Waals surface area contributed by atoms with Crippen molar-refractivity contribution in [3.63, 3.8) is 0 Å². The molecule has 0 heterocycles. The molecule has 0 spiro atoms. The quantitative estimate of drug-likeness (QED) is 0.221. The van der Waals surface area contributed by atoms with Crippen molar-refractivity contribution in [3.05, 3.63) is 77.4 Å². The fraction of sp³-hybridized carbons (Fsp3) is 0.226. The largest absolute Gasteiger partial charge is 0.493 e. The predicted octanol–water partition coefficient (Wildman–Crippen LogP) is 3.34. The van der Waals surface area contributed by atoms with Gasteiger partial charge in [0.15, 0.2) is 23.0 Å². The number of anilines is 1. The molecule has 0 aromatic heterocycles. The van der Waals surface area contributed by atoms with Gasteiger partial charge in [-0.3, -0.25) is 14.4 Å². The summed E-state index contributed by atoms with van der Waals surface area (Å²) < 4.78 is 30.8. The molecule has 0 radical (unpaired) electrons. The van der Waals surface area contributed by atoms with E-state index in [1.165, 1.54) is 44.6 Å². The molecule has 0 aliphatic carbocycles. The van der Waals surface area contributed by atoms with Crippen LogP contribution in [0.15, 0.2) is 60.7 Å². The minimum Gasteiger partial charge on any atom is -0.493 e. The van der Waals surface area contributed by atoms with Gasteiger partial charge in [-0.25, -0.2) is 14.4 Å². The van der Waals surface area contributed by atoms with Gasteiger partial charge in [0.25, 0.3) is 5.91 Å². The number of carboxylic acid groups (broad SMARTS) is 1. The van der Waals surface area contributed by atoms with Crippen LogP contribution in [0.4, 0.5) is 5.69 Å². The van der Waals surface area contributed by atoms with E-state index in [-0.39, 0.29) is 39.8 Å². The molecule has 45 heavy (non-hydrogen) atoms. The maximum Gasteiger partial charge on any atom is 0.349 e. The fourth-order valence-corrected chi connectivity index (χ4v) is 3.85. The maximum absolute atomic E-state index is 13.4. The number of aryl methyl sites for hydroxylation is 1. The predicted molar refractivity (Wildman–Crippen MR) is 154 cm³/mol. The summed E-state index contributed by atoms with van der Waals surface area (Å²) in [4.78, 5) is 74.9. The highest BCUT2D eigenvalue weighted by Gasteiger charge is 2.41. The van der Waals surface area contributed by atoms with Crippen LogP contribution in [0.25, 0.3) is 0 Å². The van der Waals surface area contributed by atoms with Gasteiger partial charge in [-0.15, -0.1) is 0 Å². The molecule has 14 heteroatoms. The molecule has 236 valence electrons. The van der Waals surface area contributed by atoms with Crippen molar-refractivity contribution in [2.45, 2.75) is 33.0 Å². The first kappa shape index (κ1) is 33.6. The summed E-state index contributed by atoms with van der Waals surface area (Å²) in [5.41, 5.74) is 0.435. The number of hydrogen-bond donors (Lipinski definition) is 2. The van der Waals surface area contributed by atoms with Crippen molar-refractivity contribution in [3.8, 4) is 23.0 Å². The van der Waals surface area contributed by atoms with Crippen LogP contribution in [0, 0.1) is 6.92 Å². The zero-order valence-electron chi connectivity index (χ0n) is 24.8. The van der Waals surface area contributed by atoms with Gasteiger partial charge in [0.2, 0.25) is 12.2 Å². The fourth-order valence-electron chi connectivity index (χ4n) is 3.85. The molecule has 0 fully saturated rings. The lowest BCUT2D eigenvalue weighted by molar-refractivity contribution is -0.157. The Bertz CT molecular complexity index is 1630. The van der Waals surface area contributed by atoms with E-state index < -0.39 is 48.0 Å². The maximum atomic E-state index is 13.4. The van der Waals surface area contributed by atoms with Gasteiger partial charge in [-0.2, -0.15) is 0 Å². The van der Waals surface area contributed by atoms with Crippen LogP contribution in [-0.2, 0) is 28.7 Å². The molecule has 1 amide bonds. The topological polar surface area (TPSA) is 190 Å². The number of ether oxygens (including phenoxy) is 6. The smallest absolute Gasteiger partial charge is 0.349 e. The van der Waals surface area contributed by atoms with E-state index in [9.17, 15) is 33.9 Å². The summed E-state index contributed by atoms with van der Waals surface area (Å²) >= 11 is 0. The Morgan fingerprint density at radius 1 is 0.667 bits per heavy atom. The van der Waals surface area contributed by atoms with Gasteiger partial charge in [0, 0.05) is 19.5 Å². The molecule has 0 aliphatic rings. The standard InChI is InChI=1S/C31H29NO13/c1-16-8-6-7-9-21(16)32-28(35)26(44-30(38)19-10-12-22(42-17(2)33)24(14-19)40-4)27(29(36)37)45-31(39)20-11-13-23(43-18(3)34)25(15-20)41-5/h6-15,26-27H,1-5H3,(H,32,35)(H,36,37)/t26-,27-/m0/s1. The average molecular weight is 624 g/mol. The van der Waals surface area contributed by atoms with Gasteiger partial charge in [-0.05, 0) is 55.0 Å². The number of carbonyl (C=O) groups excluding carboxylic acids is 5. The monoisotopic (exact) mass is 623 g/mol. The molecular weight excluding hydrogens is 594 g/mol. The Morgan fingerprint density at radius 2 is 1.13 bits per heavy atom. The number of carbonyl (C=O) groups is 6. The number of carboxylic acids is 1. The molecule has 2 N–H and O–H groups in total. The van der Waals surface area contributed by atoms with Gasteiger partial charge in [0.05, 0.1) is 25.3 Å². The molecule has 3 rings (SSSR count). The second kappa shape index (κ2) is 15.0. The average Bonchev–Trinajstić information content (AvgIpc) is 2.99. The molecule has 0 aliphatic heterocycles. The minimum atomic E-state index is -2.34. The number of aliphatic carboxylic acids is 1. The van der Waals surface area contributed by atoms with E-state index in [1.807, 2.05) is 0 Å². The lowest BCUT2D eigenvalue weighted by Crippen LogP contribution is -2.48. The number of benzene rings is 3. The molecule has 0 saturated heterocycles. The number of rotatable bonds is 12. The van der Waals surface area contributed by atoms with Crippen LogP contribution in [0.3, 0.4) is 0 Å². The normalized spacial score (nSPS) is 11.7. The van der Waals surface area contributed by atoms with Gasteiger partial charge < -0.3 is 38.8 Å². The van der Waals surface area contributed by atoms with Crippen molar-refractivity contribution in [2.24, 2.45) is 0 Å². The van der Waals surface area contributed by atoms with Crippen molar-refractivity contribution in [2.75, 3.05) is 19.5 Å². The Morgan fingerprint density at radius 3 is 1.56 bits per heavy atom. The first-order valence-corrected chi connectivity index (χ1v) is 13.1. The summed E-state index contributed by atoms with van der Waals surface area (Å²) in [5.74, 6) is -6.77. The number of amides is 1. The second-order valence-electron chi connectivity index (χ2n) is 9.21. The van der Waals surface area contributed by atoms with Crippen molar-refractivity contribution in [1.82, 2.24) is 0 Å². The second-order valence-corrected chi connectivity index (χ2v) is 9.21. The highest BCUT2D eigenvalue weighted by molar-refractivity contribution is 6.02. The highest BCUT2D eigenvalue weighted by Crippen LogP contribution is 2.30. The van der Waals surface area contributed by atoms with E-state index in [2.05, 4.69) is 5.32 Å². The molecule has 0 unspecified atom stereocenters. The van der Waals surface area contributed by atoms with Crippen LogP contribution in [-0.4, -0.2) is 67.3 Å². The SMILES string of the molecule is COc1cc(C(=O)O[C@H](C(=O)O)[C@H](OC(=O)c2ccc(OC(C)=O)c(OC)c2)C(=O)Nc2ccccc2C)ccc1OC(C)=O. The van der Waals surface area contributed by atoms with Gasteiger partial charge >= 0.3 is 29.8 Å². The Balaban J connectivity index is 1.98. The first-order valence-electron chi connectivity index (χ1n) is 13.1. The van der Waals surface area contributed by atoms with Crippen LogP contribution in [0.5, 0.6) is 23.0 Å². The zero-order valence-corrected chi connectivity index (χ0v) is 24.8. The Hall–Kier alpha value is -5.92. The third-order valence-corrected chi connectivity index (χ3v) is 5.95. The van der Waals surface area contributed by atoms with Crippen molar-refractivity contribution >= 4 is 41.4 Å². The molecule has 2 atom stereocenters. The van der Waals surface area contributed by atoms with E-state index >= 15 is 0 Å².